The number of sulfonamides is 1. The molecule has 0 radical (unpaired) electrons. The Morgan fingerprint density at radius 3 is 2.42 bits per heavy atom. The lowest BCUT2D eigenvalue weighted by Gasteiger charge is -2.21. The molecule has 0 saturated carbocycles. The molecule has 1 heterocycles. The first-order valence-electron chi connectivity index (χ1n) is 10.2. The molecule has 31 heavy (non-hydrogen) atoms. The van der Waals surface area contributed by atoms with Gasteiger partial charge in [-0.3, -0.25) is 9.59 Å². The van der Waals surface area contributed by atoms with Crippen molar-refractivity contribution in [2.75, 3.05) is 26.2 Å². The molecule has 2 amide bonds. The molecule has 2 aromatic carbocycles. The van der Waals surface area contributed by atoms with Crippen molar-refractivity contribution in [2.45, 2.75) is 31.2 Å². The van der Waals surface area contributed by atoms with Crippen LogP contribution in [0.1, 0.15) is 35.7 Å². The minimum Gasteiger partial charge on any atom is -0.343 e. The lowest BCUT2D eigenvalue weighted by atomic mass is 10.2. The summed E-state index contributed by atoms with van der Waals surface area (Å²) < 4.78 is 27.0. The topological polar surface area (TPSA) is 86.8 Å². The van der Waals surface area contributed by atoms with Crippen LogP contribution in [0, 0.1) is 0 Å². The molecule has 0 aliphatic carbocycles. The van der Waals surface area contributed by atoms with Gasteiger partial charge in [0.2, 0.25) is 15.9 Å². The van der Waals surface area contributed by atoms with E-state index in [4.69, 9.17) is 11.6 Å². The Balaban J connectivity index is 1.67. The van der Waals surface area contributed by atoms with Gasteiger partial charge in [0.15, 0.2) is 0 Å². The number of halogens is 1. The van der Waals surface area contributed by atoms with E-state index in [1.807, 2.05) is 37.3 Å². The van der Waals surface area contributed by atoms with E-state index in [2.05, 4.69) is 5.32 Å². The van der Waals surface area contributed by atoms with Gasteiger partial charge in [0, 0.05) is 26.2 Å². The van der Waals surface area contributed by atoms with Crippen LogP contribution in [-0.2, 0) is 21.4 Å². The van der Waals surface area contributed by atoms with Crippen LogP contribution in [0.5, 0.6) is 0 Å². The standard InChI is InChI=1S/C22H26ClN3O4S/c1-2-25(16-17-8-4-3-5-9-17)21(27)15-24-22(28)19-14-18(10-11-20(19)23)31(29,30)26-12-6-7-13-26/h3-5,8-11,14H,2,6-7,12-13,15-16H2,1H3,(H,24,28). The molecule has 0 atom stereocenters. The zero-order valence-electron chi connectivity index (χ0n) is 17.4. The summed E-state index contributed by atoms with van der Waals surface area (Å²) in [7, 11) is -3.68. The quantitative estimate of drug-likeness (QED) is 0.652. The Morgan fingerprint density at radius 2 is 1.77 bits per heavy atom. The fourth-order valence-corrected chi connectivity index (χ4v) is 5.21. The maximum Gasteiger partial charge on any atom is 0.253 e. The average molecular weight is 464 g/mol. The number of hydrogen-bond acceptors (Lipinski definition) is 4. The Bertz CT molecular complexity index is 1040. The van der Waals surface area contributed by atoms with Crippen molar-refractivity contribution in [3.63, 3.8) is 0 Å². The van der Waals surface area contributed by atoms with Crippen molar-refractivity contribution >= 4 is 33.4 Å². The molecule has 7 nitrogen and oxygen atoms in total. The zero-order chi connectivity index (χ0) is 22.4. The fourth-order valence-electron chi connectivity index (χ4n) is 3.46. The number of benzene rings is 2. The number of hydrogen-bond donors (Lipinski definition) is 1. The highest BCUT2D eigenvalue weighted by Gasteiger charge is 2.28. The minimum atomic E-state index is -3.68. The van der Waals surface area contributed by atoms with Gasteiger partial charge in [-0.1, -0.05) is 41.9 Å². The summed E-state index contributed by atoms with van der Waals surface area (Å²) in [5, 5.41) is 2.69. The van der Waals surface area contributed by atoms with Crippen LogP contribution in [-0.4, -0.2) is 55.6 Å². The zero-order valence-corrected chi connectivity index (χ0v) is 19.0. The van der Waals surface area contributed by atoms with E-state index in [9.17, 15) is 18.0 Å². The summed E-state index contributed by atoms with van der Waals surface area (Å²) >= 11 is 6.15. The highest BCUT2D eigenvalue weighted by atomic mass is 35.5. The maximum absolute atomic E-state index is 12.8. The molecule has 9 heteroatoms. The second-order valence-corrected chi connectivity index (χ2v) is 9.67. The van der Waals surface area contributed by atoms with Gasteiger partial charge in [-0.15, -0.1) is 0 Å². The number of likely N-dealkylation sites (N-methyl/N-ethyl adjacent to an activating group) is 1. The van der Waals surface area contributed by atoms with E-state index in [-0.39, 0.29) is 27.9 Å². The van der Waals surface area contributed by atoms with E-state index in [1.54, 1.807) is 4.90 Å². The molecule has 1 saturated heterocycles. The molecule has 0 bridgehead atoms. The molecule has 3 rings (SSSR count). The van der Waals surface area contributed by atoms with E-state index in [0.717, 1.165) is 18.4 Å². The molecule has 0 unspecified atom stereocenters. The van der Waals surface area contributed by atoms with Crippen LogP contribution in [0.15, 0.2) is 53.4 Å². The molecule has 1 aliphatic rings. The largest absolute Gasteiger partial charge is 0.343 e. The molecule has 0 spiro atoms. The highest BCUT2D eigenvalue weighted by molar-refractivity contribution is 7.89. The molecule has 1 N–H and O–H groups in total. The Labute approximate surface area is 188 Å². The lowest BCUT2D eigenvalue weighted by molar-refractivity contribution is -0.130. The first-order chi connectivity index (χ1) is 14.8. The van der Waals surface area contributed by atoms with Gasteiger partial charge in [0.25, 0.3) is 5.91 Å². The normalized spacial score (nSPS) is 14.4. The maximum atomic E-state index is 12.8. The fraction of sp³-hybridized carbons (Fsp3) is 0.364. The SMILES string of the molecule is CCN(Cc1ccccc1)C(=O)CNC(=O)c1cc(S(=O)(=O)N2CCCC2)ccc1Cl. The second kappa shape index (κ2) is 10.3. The van der Waals surface area contributed by atoms with Crippen molar-refractivity contribution in [3.05, 3.63) is 64.7 Å². The Hall–Kier alpha value is -2.42. The summed E-state index contributed by atoms with van der Waals surface area (Å²) in [6, 6.07) is 13.6. The van der Waals surface area contributed by atoms with Crippen molar-refractivity contribution in [2.24, 2.45) is 0 Å². The van der Waals surface area contributed by atoms with Crippen molar-refractivity contribution in [1.29, 1.82) is 0 Å². The van der Waals surface area contributed by atoms with Crippen LogP contribution < -0.4 is 5.32 Å². The van der Waals surface area contributed by atoms with Crippen LogP contribution in [0.2, 0.25) is 5.02 Å². The van der Waals surface area contributed by atoms with E-state index in [1.165, 1.54) is 22.5 Å². The predicted octanol–water partition coefficient (Wildman–Crippen LogP) is 2.90. The summed E-state index contributed by atoms with van der Waals surface area (Å²) in [5.41, 5.74) is 1.02. The number of nitrogens with zero attached hydrogens (tertiary/aromatic N) is 2. The van der Waals surface area contributed by atoms with E-state index in [0.29, 0.717) is 26.2 Å². The van der Waals surface area contributed by atoms with Gasteiger partial charge in [-0.2, -0.15) is 4.31 Å². The van der Waals surface area contributed by atoms with Crippen LogP contribution in [0.3, 0.4) is 0 Å². The van der Waals surface area contributed by atoms with Crippen LogP contribution in [0.4, 0.5) is 0 Å². The number of carbonyl (C=O) groups excluding carboxylic acids is 2. The van der Waals surface area contributed by atoms with Gasteiger partial charge in [-0.05, 0) is 43.5 Å². The summed E-state index contributed by atoms with van der Waals surface area (Å²) in [4.78, 5) is 26.9. The molecule has 1 fully saturated rings. The highest BCUT2D eigenvalue weighted by Crippen LogP contribution is 2.25. The van der Waals surface area contributed by atoms with Crippen LogP contribution in [0.25, 0.3) is 0 Å². The van der Waals surface area contributed by atoms with Crippen LogP contribution >= 0.6 is 11.6 Å². The summed E-state index contributed by atoms with van der Waals surface area (Å²) in [6.45, 7) is 3.53. The Kier molecular flexibility index (Phi) is 7.69. The van der Waals surface area contributed by atoms with Crippen molar-refractivity contribution in [1.82, 2.24) is 14.5 Å². The molecule has 0 aromatic heterocycles. The molecule has 1 aliphatic heterocycles. The van der Waals surface area contributed by atoms with Crippen molar-refractivity contribution in [3.8, 4) is 0 Å². The van der Waals surface area contributed by atoms with Crippen molar-refractivity contribution < 1.29 is 18.0 Å². The monoisotopic (exact) mass is 463 g/mol. The van der Waals surface area contributed by atoms with Gasteiger partial charge in [-0.25, -0.2) is 8.42 Å². The Morgan fingerprint density at radius 1 is 1.10 bits per heavy atom. The smallest absolute Gasteiger partial charge is 0.253 e. The number of carbonyl (C=O) groups is 2. The summed E-state index contributed by atoms with van der Waals surface area (Å²) in [6.07, 6.45) is 1.64. The number of nitrogens with one attached hydrogen (secondary N) is 1. The van der Waals surface area contributed by atoms with E-state index >= 15 is 0 Å². The number of rotatable bonds is 8. The van der Waals surface area contributed by atoms with Gasteiger partial charge in [0.05, 0.1) is 22.0 Å². The molecular weight excluding hydrogens is 438 g/mol. The second-order valence-electron chi connectivity index (χ2n) is 7.33. The lowest BCUT2D eigenvalue weighted by Crippen LogP contribution is -2.39. The third-order valence-electron chi connectivity index (χ3n) is 5.24. The van der Waals surface area contributed by atoms with Gasteiger partial charge in [0.1, 0.15) is 0 Å². The number of amides is 2. The third kappa shape index (κ3) is 5.64. The molecule has 2 aromatic rings. The van der Waals surface area contributed by atoms with E-state index < -0.39 is 15.9 Å². The average Bonchev–Trinajstić information content (AvgIpc) is 3.32. The minimum absolute atomic E-state index is 0.0227. The molecule has 166 valence electrons. The third-order valence-corrected chi connectivity index (χ3v) is 7.46. The molecular formula is C22H26ClN3O4S. The van der Waals surface area contributed by atoms with Gasteiger partial charge < -0.3 is 10.2 Å². The summed E-state index contributed by atoms with van der Waals surface area (Å²) in [5.74, 6) is -0.829. The first-order valence-corrected chi connectivity index (χ1v) is 12.0. The predicted molar refractivity (Wildman–Crippen MR) is 119 cm³/mol. The van der Waals surface area contributed by atoms with Gasteiger partial charge >= 0.3 is 0 Å². The first kappa shape index (κ1) is 23.2.